The van der Waals surface area contributed by atoms with E-state index in [4.69, 9.17) is 9.52 Å². The fourth-order valence-electron chi connectivity index (χ4n) is 2.90. The van der Waals surface area contributed by atoms with Crippen molar-refractivity contribution in [2.45, 2.75) is 41.0 Å². The summed E-state index contributed by atoms with van der Waals surface area (Å²) in [5, 5.41) is 7.99. The lowest BCUT2D eigenvalue weighted by molar-refractivity contribution is 0.399. The first kappa shape index (κ1) is 21.7. The van der Waals surface area contributed by atoms with Gasteiger partial charge in [-0.15, -0.1) is 0 Å². The predicted molar refractivity (Wildman–Crippen MR) is 111 cm³/mol. The number of rotatable bonds is 3. The molecule has 0 saturated heterocycles. The molecule has 0 aliphatic carbocycles. The van der Waals surface area contributed by atoms with Gasteiger partial charge in [0.2, 0.25) is 0 Å². The van der Waals surface area contributed by atoms with Crippen LogP contribution in [0.25, 0.3) is 22.1 Å². The Bertz CT molecular complexity index is 876. The maximum absolute atomic E-state index is 12.0. The summed E-state index contributed by atoms with van der Waals surface area (Å²) in [5.74, 6) is 0.573. The summed E-state index contributed by atoms with van der Waals surface area (Å²) in [5.41, 5.74) is 4.75. The van der Waals surface area contributed by atoms with Gasteiger partial charge in [-0.05, 0) is 42.0 Å². The molecule has 1 N–H and O–H groups in total. The first-order valence-electron chi connectivity index (χ1n) is 9.12. The van der Waals surface area contributed by atoms with Crippen molar-refractivity contribution in [3.63, 3.8) is 0 Å². The minimum absolute atomic E-state index is 0.299. The summed E-state index contributed by atoms with van der Waals surface area (Å²) in [6.45, 7) is 10.4. The van der Waals surface area contributed by atoms with Gasteiger partial charge < -0.3 is 9.52 Å². The normalized spacial score (nSPS) is 10.0. The number of benzene rings is 2. The molecular formula is C23H30O3. The zero-order chi connectivity index (χ0) is 19.7. The summed E-state index contributed by atoms with van der Waals surface area (Å²) >= 11 is 0. The first-order chi connectivity index (χ1) is 12.5. The van der Waals surface area contributed by atoms with Gasteiger partial charge in [-0.25, -0.2) is 4.79 Å². The van der Waals surface area contributed by atoms with Crippen LogP contribution in [-0.2, 0) is 6.42 Å². The van der Waals surface area contributed by atoms with Crippen LogP contribution >= 0.6 is 0 Å². The molecule has 0 unspecified atom stereocenters. The van der Waals surface area contributed by atoms with E-state index in [0.717, 1.165) is 35.6 Å². The molecule has 0 amide bonds. The standard InChI is InChI=1S/C20H20O2.C2H6.CH4O/c1-13(2)10-15-8-9-17-18(12-20(21)22-19(17)11-15)16-7-5-4-6-14(16)3;2*1-2/h4-9,11-13H,10H2,1-3H3;1-2H3;2H,1H3. The molecule has 0 bridgehead atoms. The van der Waals surface area contributed by atoms with Crippen LogP contribution in [0.3, 0.4) is 0 Å². The molecule has 0 aliphatic rings. The van der Waals surface area contributed by atoms with E-state index in [1.807, 2.05) is 38.1 Å². The smallest absolute Gasteiger partial charge is 0.336 e. The average Bonchev–Trinajstić information content (AvgIpc) is 2.64. The summed E-state index contributed by atoms with van der Waals surface area (Å²) in [4.78, 5) is 12.0. The molecule has 0 radical (unpaired) electrons. The van der Waals surface area contributed by atoms with Gasteiger partial charge in [-0.3, -0.25) is 0 Å². The molecule has 3 nitrogen and oxygen atoms in total. The van der Waals surface area contributed by atoms with Gasteiger partial charge in [0.15, 0.2) is 0 Å². The lowest BCUT2D eigenvalue weighted by Crippen LogP contribution is -2.00. The van der Waals surface area contributed by atoms with Gasteiger partial charge in [0.1, 0.15) is 5.58 Å². The van der Waals surface area contributed by atoms with E-state index in [9.17, 15) is 4.79 Å². The van der Waals surface area contributed by atoms with Crippen molar-refractivity contribution in [3.8, 4) is 11.1 Å². The van der Waals surface area contributed by atoms with Gasteiger partial charge in [-0.1, -0.05) is 64.1 Å². The fourth-order valence-corrected chi connectivity index (χ4v) is 2.90. The fraction of sp³-hybridized carbons (Fsp3) is 0.348. The topological polar surface area (TPSA) is 50.4 Å². The molecule has 0 spiro atoms. The van der Waals surface area contributed by atoms with Crippen molar-refractivity contribution in [1.82, 2.24) is 0 Å². The van der Waals surface area contributed by atoms with Gasteiger partial charge in [-0.2, -0.15) is 0 Å². The third kappa shape index (κ3) is 5.30. The van der Waals surface area contributed by atoms with Crippen LogP contribution in [0.4, 0.5) is 0 Å². The molecule has 0 atom stereocenters. The molecule has 3 aromatic rings. The molecule has 3 heteroatoms. The number of aryl methyl sites for hydroxylation is 1. The molecule has 1 aromatic heterocycles. The number of aliphatic hydroxyl groups is 1. The predicted octanol–water partition coefficient (Wildman–Crippen LogP) is 5.60. The highest BCUT2D eigenvalue weighted by atomic mass is 16.4. The van der Waals surface area contributed by atoms with Crippen LogP contribution in [0.2, 0.25) is 0 Å². The number of aliphatic hydroxyl groups excluding tert-OH is 1. The Morgan fingerprint density at radius 2 is 1.62 bits per heavy atom. The lowest BCUT2D eigenvalue weighted by atomic mass is 9.96. The van der Waals surface area contributed by atoms with E-state index in [1.54, 1.807) is 6.07 Å². The number of fused-ring (bicyclic) bond motifs is 1. The summed E-state index contributed by atoms with van der Waals surface area (Å²) in [6.07, 6.45) is 0.980. The minimum atomic E-state index is -0.299. The molecule has 26 heavy (non-hydrogen) atoms. The van der Waals surface area contributed by atoms with Gasteiger partial charge in [0, 0.05) is 24.1 Å². The van der Waals surface area contributed by atoms with E-state index >= 15 is 0 Å². The van der Waals surface area contributed by atoms with Crippen molar-refractivity contribution in [1.29, 1.82) is 0 Å². The molecule has 2 aromatic carbocycles. The van der Waals surface area contributed by atoms with Crippen molar-refractivity contribution in [2.24, 2.45) is 5.92 Å². The third-order valence-electron chi connectivity index (χ3n) is 3.89. The quantitative estimate of drug-likeness (QED) is 0.623. The highest BCUT2D eigenvalue weighted by molar-refractivity contribution is 5.94. The van der Waals surface area contributed by atoms with Crippen molar-refractivity contribution in [3.05, 3.63) is 70.1 Å². The Labute approximate surface area is 156 Å². The first-order valence-corrected chi connectivity index (χ1v) is 9.12. The Morgan fingerprint density at radius 3 is 2.23 bits per heavy atom. The highest BCUT2D eigenvalue weighted by Gasteiger charge is 2.10. The largest absolute Gasteiger partial charge is 0.423 e. The maximum atomic E-state index is 12.0. The lowest BCUT2D eigenvalue weighted by Gasteiger charge is -2.10. The second-order valence-electron chi connectivity index (χ2n) is 6.22. The van der Waals surface area contributed by atoms with Crippen LogP contribution in [0.15, 0.2) is 57.7 Å². The summed E-state index contributed by atoms with van der Waals surface area (Å²) in [7, 11) is 1.00. The van der Waals surface area contributed by atoms with Crippen molar-refractivity contribution < 1.29 is 9.52 Å². The average molecular weight is 354 g/mol. The SMILES string of the molecule is CC.CO.Cc1ccccc1-c1cc(=O)oc2cc(CC(C)C)ccc12. The second kappa shape index (κ2) is 10.6. The van der Waals surface area contributed by atoms with Gasteiger partial charge in [0.05, 0.1) is 0 Å². The third-order valence-corrected chi connectivity index (χ3v) is 3.89. The second-order valence-corrected chi connectivity index (χ2v) is 6.22. The Morgan fingerprint density at radius 1 is 0.962 bits per heavy atom. The van der Waals surface area contributed by atoms with E-state index in [-0.39, 0.29) is 5.63 Å². The summed E-state index contributed by atoms with van der Waals surface area (Å²) in [6, 6.07) is 15.9. The molecular weight excluding hydrogens is 324 g/mol. The van der Waals surface area contributed by atoms with Crippen LogP contribution in [0, 0.1) is 12.8 Å². The zero-order valence-electron chi connectivity index (χ0n) is 16.7. The number of hydrogen-bond acceptors (Lipinski definition) is 3. The van der Waals surface area contributed by atoms with E-state index in [1.165, 1.54) is 5.56 Å². The van der Waals surface area contributed by atoms with E-state index < -0.39 is 0 Å². The Hall–Kier alpha value is -2.39. The Balaban J connectivity index is 0.000000791. The molecule has 1 heterocycles. The molecule has 0 aliphatic heterocycles. The van der Waals surface area contributed by atoms with Gasteiger partial charge >= 0.3 is 5.63 Å². The molecule has 140 valence electrons. The van der Waals surface area contributed by atoms with Crippen molar-refractivity contribution >= 4 is 11.0 Å². The van der Waals surface area contributed by atoms with Gasteiger partial charge in [0.25, 0.3) is 0 Å². The zero-order valence-corrected chi connectivity index (χ0v) is 16.7. The maximum Gasteiger partial charge on any atom is 0.336 e. The Kier molecular flexibility index (Phi) is 8.80. The van der Waals surface area contributed by atoms with E-state index in [0.29, 0.717) is 11.5 Å². The summed E-state index contributed by atoms with van der Waals surface area (Å²) < 4.78 is 5.43. The minimum Gasteiger partial charge on any atom is -0.423 e. The number of hydrogen-bond donors (Lipinski definition) is 1. The van der Waals surface area contributed by atoms with Crippen molar-refractivity contribution in [2.75, 3.05) is 7.11 Å². The van der Waals surface area contributed by atoms with Crippen LogP contribution in [-0.4, -0.2) is 12.2 Å². The highest BCUT2D eigenvalue weighted by Crippen LogP contribution is 2.30. The molecule has 0 fully saturated rings. The van der Waals surface area contributed by atoms with Crippen LogP contribution < -0.4 is 5.63 Å². The van der Waals surface area contributed by atoms with Crippen LogP contribution in [0.1, 0.15) is 38.8 Å². The van der Waals surface area contributed by atoms with Crippen LogP contribution in [0.5, 0.6) is 0 Å². The van der Waals surface area contributed by atoms with E-state index in [2.05, 4.69) is 39.0 Å². The monoisotopic (exact) mass is 354 g/mol. The molecule has 0 saturated carbocycles. The molecule has 3 rings (SSSR count).